The van der Waals surface area contributed by atoms with Crippen LogP contribution < -0.4 is 10.3 Å². The minimum atomic E-state index is -0.195. The summed E-state index contributed by atoms with van der Waals surface area (Å²) in [7, 11) is 3.59. The molecule has 0 saturated carbocycles. The van der Waals surface area contributed by atoms with Crippen LogP contribution in [-0.2, 0) is 13.5 Å². The average Bonchev–Trinajstić information content (AvgIpc) is 3.16. The Morgan fingerprint density at radius 3 is 2.61 bits per heavy atom. The van der Waals surface area contributed by atoms with Crippen molar-refractivity contribution in [2.24, 2.45) is 7.05 Å². The van der Waals surface area contributed by atoms with Crippen LogP contribution in [0.1, 0.15) is 22.6 Å². The third kappa shape index (κ3) is 3.35. The first-order valence-corrected chi connectivity index (χ1v) is 10.6. The molecule has 162 valence electrons. The van der Waals surface area contributed by atoms with Crippen molar-refractivity contribution in [2.45, 2.75) is 13.3 Å². The first-order valence-electron chi connectivity index (χ1n) is 10.6. The maximum absolute atomic E-state index is 13.8. The van der Waals surface area contributed by atoms with Crippen LogP contribution >= 0.6 is 0 Å². The maximum atomic E-state index is 13.8. The largest absolute Gasteiger partial charge is 0.497 e. The van der Waals surface area contributed by atoms with Crippen molar-refractivity contribution in [1.82, 2.24) is 19.1 Å². The van der Waals surface area contributed by atoms with Gasteiger partial charge in [-0.3, -0.25) is 14.3 Å². The molecule has 0 aliphatic rings. The third-order valence-electron chi connectivity index (χ3n) is 6.00. The molecule has 3 heterocycles. The number of nitrogens with zero attached hydrogens (tertiary/aromatic N) is 4. The molecule has 0 fully saturated rings. The SMILES string of the molecule is C#Cc1ccc2c3c(nc(Cc4ccc(OC)cc4)n3C)c(=O)n(-c3cccnc3C)c2c1. The summed E-state index contributed by atoms with van der Waals surface area (Å²) in [5.41, 5.74) is 5.00. The molecule has 6 heteroatoms. The van der Waals surface area contributed by atoms with E-state index in [0.29, 0.717) is 23.2 Å². The number of aryl methyl sites for hydroxylation is 2. The molecular formula is C27H22N4O2. The third-order valence-corrected chi connectivity index (χ3v) is 6.00. The van der Waals surface area contributed by atoms with Gasteiger partial charge >= 0.3 is 0 Å². The molecule has 0 amide bonds. The van der Waals surface area contributed by atoms with E-state index in [4.69, 9.17) is 16.1 Å². The summed E-state index contributed by atoms with van der Waals surface area (Å²) in [6.45, 7) is 1.89. The highest BCUT2D eigenvalue weighted by Gasteiger charge is 2.20. The van der Waals surface area contributed by atoms with Crippen LogP contribution in [0.4, 0.5) is 0 Å². The van der Waals surface area contributed by atoms with Gasteiger partial charge in [-0.2, -0.15) is 0 Å². The van der Waals surface area contributed by atoms with Gasteiger partial charge in [0.05, 0.1) is 29.5 Å². The number of hydrogen-bond donors (Lipinski definition) is 0. The number of benzene rings is 2. The summed E-state index contributed by atoms with van der Waals surface area (Å²) in [6.07, 6.45) is 7.98. The number of rotatable bonds is 4. The van der Waals surface area contributed by atoms with Crippen molar-refractivity contribution in [2.75, 3.05) is 7.11 Å². The molecule has 0 N–H and O–H groups in total. The van der Waals surface area contributed by atoms with Gasteiger partial charge in [0.2, 0.25) is 0 Å². The van der Waals surface area contributed by atoms with Crippen molar-refractivity contribution in [3.8, 4) is 23.8 Å². The Morgan fingerprint density at radius 1 is 1.12 bits per heavy atom. The summed E-state index contributed by atoms with van der Waals surface area (Å²) in [5, 5.41) is 0.905. The second kappa shape index (κ2) is 7.95. The molecule has 0 radical (unpaired) electrons. The lowest BCUT2D eigenvalue weighted by molar-refractivity contribution is 0.414. The van der Waals surface area contributed by atoms with Crippen molar-refractivity contribution >= 4 is 21.9 Å². The van der Waals surface area contributed by atoms with Crippen LogP contribution in [-0.4, -0.2) is 26.2 Å². The minimum absolute atomic E-state index is 0.195. The van der Waals surface area contributed by atoms with Crippen LogP contribution in [0.15, 0.2) is 65.6 Å². The Kier molecular flexibility index (Phi) is 4.95. The zero-order valence-electron chi connectivity index (χ0n) is 18.7. The van der Waals surface area contributed by atoms with Crippen LogP contribution in [0.25, 0.3) is 27.6 Å². The molecular weight excluding hydrogens is 412 g/mol. The molecule has 0 saturated heterocycles. The molecule has 0 aliphatic carbocycles. The predicted octanol–water partition coefficient (Wildman–Crippen LogP) is 4.16. The van der Waals surface area contributed by atoms with E-state index in [9.17, 15) is 4.79 Å². The fraction of sp³-hybridized carbons (Fsp3) is 0.148. The minimum Gasteiger partial charge on any atom is -0.497 e. The van der Waals surface area contributed by atoms with Crippen LogP contribution in [0.3, 0.4) is 0 Å². The summed E-state index contributed by atoms with van der Waals surface area (Å²) in [5.74, 6) is 4.28. The molecule has 5 aromatic rings. The van der Waals surface area contributed by atoms with Crippen molar-refractivity contribution < 1.29 is 4.74 Å². The fourth-order valence-corrected chi connectivity index (χ4v) is 4.26. The highest BCUT2D eigenvalue weighted by Crippen LogP contribution is 2.28. The van der Waals surface area contributed by atoms with E-state index in [1.54, 1.807) is 17.9 Å². The second-order valence-corrected chi connectivity index (χ2v) is 7.93. The van der Waals surface area contributed by atoms with E-state index >= 15 is 0 Å². The van der Waals surface area contributed by atoms with Crippen LogP contribution in [0, 0.1) is 19.3 Å². The van der Waals surface area contributed by atoms with Crippen LogP contribution in [0.2, 0.25) is 0 Å². The van der Waals surface area contributed by atoms with E-state index in [-0.39, 0.29) is 5.56 Å². The second-order valence-electron chi connectivity index (χ2n) is 7.93. The molecule has 0 bridgehead atoms. The Bertz CT molecular complexity index is 1620. The van der Waals surface area contributed by atoms with E-state index in [1.807, 2.05) is 73.1 Å². The molecule has 6 nitrogen and oxygen atoms in total. The van der Waals surface area contributed by atoms with Gasteiger partial charge in [-0.1, -0.05) is 18.1 Å². The van der Waals surface area contributed by atoms with Crippen molar-refractivity contribution in [3.05, 3.63) is 93.8 Å². The zero-order chi connectivity index (χ0) is 23.1. The molecule has 2 aromatic carbocycles. The Morgan fingerprint density at radius 2 is 1.91 bits per heavy atom. The lowest BCUT2D eigenvalue weighted by Crippen LogP contribution is -2.20. The number of methoxy groups -OCH3 is 1. The molecule has 0 spiro atoms. The Hall–Kier alpha value is -4.37. The van der Waals surface area contributed by atoms with E-state index in [1.165, 1.54) is 0 Å². The zero-order valence-corrected chi connectivity index (χ0v) is 18.7. The van der Waals surface area contributed by atoms with Crippen molar-refractivity contribution in [1.29, 1.82) is 0 Å². The highest BCUT2D eigenvalue weighted by molar-refractivity contribution is 6.03. The number of terminal acetylenes is 1. The normalized spacial score (nSPS) is 11.1. The van der Waals surface area contributed by atoms with Gasteiger partial charge in [0.15, 0.2) is 5.52 Å². The van der Waals surface area contributed by atoms with Gasteiger partial charge in [0.25, 0.3) is 5.56 Å². The van der Waals surface area contributed by atoms with Gasteiger partial charge in [0.1, 0.15) is 11.6 Å². The Labute approximate surface area is 191 Å². The monoisotopic (exact) mass is 434 g/mol. The standard InChI is InChI=1S/C27H22N4O2/c1-5-18-10-13-21-23(15-18)31(22-7-6-14-28-17(22)2)27(32)25-26(21)30(3)24(29-25)16-19-8-11-20(33-4)12-9-19/h1,6-15H,16H2,2-4H3. The summed E-state index contributed by atoms with van der Waals surface area (Å²) >= 11 is 0. The topological polar surface area (TPSA) is 61.9 Å². The molecule has 5 rings (SSSR count). The summed E-state index contributed by atoms with van der Waals surface area (Å²) in [4.78, 5) is 23.0. The number of imidazole rings is 1. The number of pyridine rings is 2. The van der Waals surface area contributed by atoms with E-state index in [0.717, 1.165) is 39.3 Å². The van der Waals surface area contributed by atoms with Gasteiger partial charge < -0.3 is 9.30 Å². The lowest BCUT2D eigenvalue weighted by atomic mass is 10.1. The number of hydrogen-bond acceptors (Lipinski definition) is 4. The summed E-state index contributed by atoms with van der Waals surface area (Å²) < 4.78 is 8.93. The fourth-order valence-electron chi connectivity index (χ4n) is 4.26. The highest BCUT2D eigenvalue weighted by atomic mass is 16.5. The lowest BCUT2D eigenvalue weighted by Gasteiger charge is -2.14. The van der Waals surface area contributed by atoms with Crippen molar-refractivity contribution in [3.63, 3.8) is 0 Å². The maximum Gasteiger partial charge on any atom is 0.283 e. The van der Waals surface area contributed by atoms with E-state index < -0.39 is 0 Å². The van der Waals surface area contributed by atoms with Crippen LogP contribution in [0.5, 0.6) is 5.75 Å². The predicted molar refractivity (Wildman–Crippen MR) is 130 cm³/mol. The van der Waals surface area contributed by atoms with Gasteiger partial charge in [0, 0.05) is 30.6 Å². The molecule has 3 aromatic heterocycles. The molecule has 0 aliphatic heterocycles. The van der Waals surface area contributed by atoms with Gasteiger partial charge in [-0.05, 0) is 55.0 Å². The first-order chi connectivity index (χ1) is 16.0. The number of ether oxygens (including phenoxy) is 1. The first kappa shape index (κ1) is 20.5. The van der Waals surface area contributed by atoms with Gasteiger partial charge in [-0.25, -0.2) is 4.98 Å². The molecule has 0 unspecified atom stereocenters. The molecule has 0 atom stereocenters. The number of aromatic nitrogens is 4. The smallest absolute Gasteiger partial charge is 0.283 e. The Balaban J connectivity index is 1.81. The summed E-state index contributed by atoms with van der Waals surface area (Å²) in [6, 6.07) is 17.3. The number of fused-ring (bicyclic) bond motifs is 3. The quantitative estimate of drug-likeness (QED) is 0.399. The van der Waals surface area contributed by atoms with E-state index in [2.05, 4.69) is 10.9 Å². The van der Waals surface area contributed by atoms with Gasteiger partial charge in [-0.15, -0.1) is 6.42 Å². The molecule has 33 heavy (non-hydrogen) atoms. The average molecular weight is 434 g/mol.